The van der Waals surface area contributed by atoms with Crippen molar-refractivity contribution in [1.29, 1.82) is 5.26 Å². The Kier molecular flexibility index (Phi) is 6.40. The number of fused-ring (bicyclic) bond motifs is 1. The maximum Gasteiger partial charge on any atom is 0.417 e. The molecule has 0 aliphatic heterocycles. The van der Waals surface area contributed by atoms with E-state index in [1.54, 1.807) is 6.07 Å². The molecule has 1 heterocycles. The first-order chi connectivity index (χ1) is 16.6. The molecule has 4 rings (SSSR count). The fraction of sp³-hybridized carbons (Fsp3) is 0.0435. The van der Waals surface area contributed by atoms with Crippen molar-refractivity contribution in [3.8, 4) is 17.6 Å². The van der Waals surface area contributed by atoms with Gasteiger partial charge >= 0.3 is 12.2 Å². The van der Waals surface area contributed by atoms with Crippen LogP contribution in [0.5, 0.6) is 11.5 Å². The molecule has 1 aromatic heterocycles. The molecular formula is C23H12ClF4N5O2. The maximum absolute atomic E-state index is 14.3. The molecule has 0 radical (unpaired) electrons. The first-order valence-corrected chi connectivity index (χ1v) is 10.1. The number of nitrogens with one attached hydrogen (secondary N) is 2. The van der Waals surface area contributed by atoms with Crippen LogP contribution in [-0.2, 0) is 6.18 Å². The van der Waals surface area contributed by atoms with Gasteiger partial charge in [-0.05, 0) is 42.5 Å². The van der Waals surface area contributed by atoms with E-state index in [-0.39, 0.29) is 28.6 Å². The Labute approximate surface area is 199 Å². The van der Waals surface area contributed by atoms with Gasteiger partial charge in [-0.2, -0.15) is 18.4 Å². The molecule has 0 atom stereocenters. The summed E-state index contributed by atoms with van der Waals surface area (Å²) in [6.07, 6.45) is -3.38. The first-order valence-electron chi connectivity index (χ1n) is 9.71. The van der Waals surface area contributed by atoms with Crippen molar-refractivity contribution in [2.45, 2.75) is 6.18 Å². The lowest BCUT2D eigenvalue weighted by atomic mass is 10.2. The van der Waals surface area contributed by atoms with Crippen molar-refractivity contribution < 1.29 is 27.1 Å². The summed E-state index contributed by atoms with van der Waals surface area (Å²) >= 11 is 5.57. The minimum atomic E-state index is -4.70. The molecule has 0 bridgehead atoms. The fourth-order valence-electron chi connectivity index (χ4n) is 3.01. The maximum atomic E-state index is 14.3. The molecule has 2 amide bonds. The summed E-state index contributed by atoms with van der Waals surface area (Å²) in [6, 6.07) is 12.0. The molecule has 35 heavy (non-hydrogen) atoms. The Morgan fingerprint density at radius 3 is 2.43 bits per heavy atom. The number of alkyl halides is 3. The van der Waals surface area contributed by atoms with E-state index in [4.69, 9.17) is 21.6 Å². The summed E-state index contributed by atoms with van der Waals surface area (Å²) in [5.74, 6) is -0.777. The molecule has 3 aromatic carbocycles. The number of amides is 2. The molecule has 0 saturated heterocycles. The van der Waals surface area contributed by atoms with Gasteiger partial charge < -0.3 is 15.4 Å². The Morgan fingerprint density at radius 2 is 1.71 bits per heavy atom. The van der Waals surface area contributed by atoms with E-state index in [1.807, 2.05) is 6.07 Å². The standard InChI is InChI=1S/C23H12ClF4N5O2/c24-17-4-1-12(7-16(17)23(26,27)28)32-22(34)33-13-2-5-18(25)21(8-13)35-15-3-6-19-20(9-15)31-14(10-29)11-30-19/h1-9,11H,(H2,32,33,34). The highest BCUT2D eigenvalue weighted by Gasteiger charge is 2.33. The van der Waals surface area contributed by atoms with E-state index < -0.39 is 28.6 Å². The number of hydrogen-bond acceptors (Lipinski definition) is 5. The predicted octanol–water partition coefficient (Wildman–Crippen LogP) is 6.75. The second-order valence-electron chi connectivity index (χ2n) is 7.04. The summed E-state index contributed by atoms with van der Waals surface area (Å²) in [5.41, 5.74) is -0.183. The first kappa shape index (κ1) is 23.7. The van der Waals surface area contributed by atoms with Crippen LogP contribution in [0.3, 0.4) is 0 Å². The van der Waals surface area contributed by atoms with Crippen LogP contribution in [0.2, 0.25) is 5.02 Å². The molecule has 0 fully saturated rings. The number of nitriles is 1. The van der Waals surface area contributed by atoms with Gasteiger partial charge in [-0.25, -0.2) is 14.2 Å². The van der Waals surface area contributed by atoms with Crippen molar-refractivity contribution in [1.82, 2.24) is 9.97 Å². The third-order valence-corrected chi connectivity index (χ3v) is 4.90. The minimum absolute atomic E-state index is 0.0982. The molecule has 0 unspecified atom stereocenters. The summed E-state index contributed by atoms with van der Waals surface area (Å²) < 4.78 is 58.9. The Bertz CT molecular complexity index is 1490. The van der Waals surface area contributed by atoms with Crippen LogP contribution in [0.25, 0.3) is 11.0 Å². The van der Waals surface area contributed by atoms with Gasteiger partial charge in [0.2, 0.25) is 0 Å². The number of nitrogens with zero attached hydrogens (tertiary/aromatic N) is 3. The van der Waals surface area contributed by atoms with Crippen molar-refractivity contribution in [3.63, 3.8) is 0 Å². The van der Waals surface area contributed by atoms with Crippen LogP contribution >= 0.6 is 11.6 Å². The van der Waals surface area contributed by atoms with Gasteiger partial charge in [0.15, 0.2) is 17.3 Å². The van der Waals surface area contributed by atoms with Gasteiger partial charge in [0.1, 0.15) is 11.8 Å². The quantitative estimate of drug-likeness (QED) is 0.301. The summed E-state index contributed by atoms with van der Waals surface area (Å²) in [7, 11) is 0. The van der Waals surface area contributed by atoms with E-state index >= 15 is 0 Å². The van der Waals surface area contributed by atoms with Crippen LogP contribution in [0.4, 0.5) is 33.7 Å². The van der Waals surface area contributed by atoms with Crippen molar-refractivity contribution in [2.24, 2.45) is 0 Å². The number of hydrogen-bond donors (Lipinski definition) is 2. The summed E-state index contributed by atoms with van der Waals surface area (Å²) in [4.78, 5) is 20.5. The normalized spacial score (nSPS) is 11.1. The molecule has 0 aliphatic carbocycles. The lowest BCUT2D eigenvalue weighted by Crippen LogP contribution is -2.20. The molecule has 0 saturated carbocycles. The van der Waals surface area contributed by atoms with Crippen molar-refractivity contribution in [2.75, 3.05) is 10.6 Å². The highest BCUT2D eigenvalue weighted by atomic mass is 35.5. The predicted molar refractivity (Wildman–Crippen MR) is 120 cm³/mol. The smallest absolute Gasteiger partial charge is 0.417 e. The highest BCUT2D eigenvalue weighted by molar-refractivity contribution is 6.31. The van der Waals surface area contributed by atoms with E-state index in [0.717, 1.165) is 12.1 Å². The number of halogens is 5. The van der Waals surface area contributed by atoms with Crippen molar-refractivity contribution >= 4 is 40.0 Å². The van der Waals surface area contributed by atoms with Crippen LogP contribution < -0.4 is 15.4 Å². The number of carbonyl (C=O) groups excluding carboxylic acids is 1. The third kappa shape index (κ3) is 5.56. The molecule has 0 aliphatic rings. The zero-order chi connectivity index (χ0) is 25.2. The number of anilines is 2. The Balaban J connectivity index is 1.50. The van der Waals surface area contributed by atoms with Gasteiger partial charge in [0.05, 0.1) is 27.8 Å². The zero-order valence-corrected chi connectivity index (χ0v) is 18.1. The average Bonchev–Trinajstić information content (AvgIpc) is 2.81. The SMILES string of the molecule is N#Cc1cnc2ccc(Oc3cc(NC(=O)Nc4ccc(Cl)c(C(F)(F)F)c4)ccc3F)cc2n1. The molecule has 4 aromatic rings. The molecule has 12 heteroatoms. The second-order valence-corrected chi connectivity index (χ2v) is 7.44. The number of rotatable bonds is 4. The molecule has 7 nitrogen and oxygen atoms in total. The number of benzene rings is 3. The number of ether oxygens (including phenoxy) is 1. The van der Waals surface area contributed by atoms with E-state index in [0.29, 0.717) is 17.1 Å². The van der Waals surface area contributed by atoms with Gasteiger partial charge in [-0.15, -0.1) is 0 Å². The average molecular weight is 502 g/mol. The largest absolute Gasteiger partial charge is 0.454 e. The highest BCUT2D eigenvalue weighted by Crippen LogP contribution is 2.36. The lowest BCUT2D eigenvalue weighted by molar-refractivity contribution is -0.137. The zero-order valence-electron chi connectivity index (χ0n) is 17.3. The van der Waals surface area contributed by atoms with Crippen molar-refractivity contribution in [3.05, 3.63) is 82.9 Å². The fourth-order valence-corrected chi connectivity index (χ4v) is 3.23. The van der Waals surface area contributed by atoms with Crippen LogP contribution in [-0.4, -0.2) is 16.0 Å². The molecule has 176 valence electrons. The van der Waals surface area contributed by atoms with Crippen LogP contribution in [0.15, 0.2) is 60.8 Å². The number of urea groups is 1. The molecule has 2 N–H and O–H groups in total. The lowest BCUT2D eigenvalue weighted by Gasteiger charge is -2.13. The monoisotopic (exact) mass is 501 g/mol. The molecule has 0 spiro atoms. The summed E-state index contributed by atoms with van der Waals surface area (Å²) in [5, 5.41) is 13.1. The molecular weight excluding hydrogens is 490 g/mol. The minimum Gasteiger partial charge on any atom is -0.454 e. The van der Waals surface area contributed by atoms with E-state index in [2.05, 4.69) is 20.6 Å². The number of carbonyl (C=O) groups is 1. The van der Waals surface area contributed by atoms with Crippen LogP contribution in [0, 0.1) is 17.1 Å². The second kappa shape index (κ2) is 9.44. The Hall–Kier alpha value is -4.43. The third-order valence-electron chi connectivity index (χ3n) is 4.57. The Morgan fingerprint density at radius 1 is 1.00 bits per heavy atom. The van der Waals surface area contributed by atoms with E-state index in [9.17, 15) is 22.4 Å². The topological polar surface area (TPSA) is 99.9 Å². The van der Waals surface area contributed by atoms with Gasteiger partial charge in [-0.1, -0.05) is 11.6 Å². The number of aromatic nitrogens is 2. The van der Waals surface area contributed by atoms with Gasteiger partial charge in [0.25, 0.3) is 0 Å². The van der Waals surface area contributed by atoms with Gasteiger partial charge in [0, 0.05) is 23.5 Å². The summed E-state index contributed by atoms with van der Waals surface area (Å²) in [6.45, 7) is 0. The van der Waals surface area contributed by atoms with E-state index in [1.165, 1.54) is 36.5 Å². The van der Waals surface area contributed by atoms with Crippen LogP contribution in [0.1, 0.15) is 11.3 Å². The van der Waals surface area contributed by atoms with Gasteiger partial charge in [-0.3, -0.25) is 4.98 Å².